The molecule has 0 aromatic heterocycles. The minimum absolute atomic E-state index is 0.0647. The van der Waals surface area contributed by atoms with Crippen LogP contribution in [0.2, 0.25) is 5.02 Å². The number of hydrogen-bond donors (Lipinski definition) is 1. The highest BCUT2D eigenvalue weighted by Gasteiger charge is 2.45. The van der Waals surface area contributed by atoms with E-state index in [4.69, 9.17) is 21.1 Å². The smallest absolute Gasteiger partial charge is 0.254 e. The van der Waals surface area contributed by atoms with Gasteiger partial charge in [-0.15, -0.1) is 0 Å². The highest BCUT2D eigenvalue weighted by molar-refractivity contribution is 7.91. The molecule has 2 aromatic rings. The topological polar surface area (TPSA) is 64.6 Å². The lowest BCUT2D eigenvalue weighted by atomic mass is 10.1. The van der Waals surface area contributed by atoms with Gasteiger partial charge in [-0.25, -0.2) is 8.42 Å². The Kier molecular flexibility index (Phi) is 3.71. The third-order valence-corrected chi connectivity index (χ3v) is 6.59. The Morgan fingerprint density at radius 3 is 2.42 bits per heavy atom. The van der Waals surface area contributed by atoms with Crippen molar-refractivity contribution < 1.29 is 17.9 Å². The Morgan fingerprint density at radius 2 is 1.67 bits per heavy atom. The maximum atomic E-state index is 13.1. The van der Waals surface area contributed by atoms with Crippen molar-refractivity contribution in [2.45, 2.75) is 28.4 Å². The number of para-hydroxylation sites is 1. The number of halogens is 1. The van der Waals surface area contributed by atoms with E-state index >= 15 is 0 Å². The van der Waals surface area contributed by atoms with Crippen LogP contribution in [0.15, 0.2) is 52.3 Å². The van der Waals surface area contributed by atoms with Crippen LogP contribution in [0, 0.1) is 0 Å². The SMILES string of the molecule is O=S(=O)(c1ccccc1Cl)c1cccc2c1OC1(CCNCC1)O2. The third kappa shape index (κ3) is 2.46. The van der Waals surface area contributed by atoms with E-state index in [1.807, 2.05) is 0 Å². The minimum atomic E-state index is -3.80. The highest BCUT2D eigenvalue weighted by Crippen LogP contribution is 2.48. The van der Waals surface area contributed by atoms with Gasteiger partial charge >= 0.3 is 0 Å². The Balaban J connectivity index is 1.80. The van der Waals surface area contributed by atoms with Gasteiger partial charge in [-0.2, -0.15) is 0 Å². The normalized spacial score (nSPS) is 18.7. The van der Waals surface area contributed by atoms with E-state index in [1.54, 1.807) is 30.3 Å². The van der Waals surface area contributed by atoms with Crippen LogP contribution in [0.4, 0.5) is 0 Å². The van der Waals surface area contributed by atoms with Crippen LogP contribution in [0.3, 0.4) is 0 Å². The fourth-order valence-corrected chi connectivity index (χ4v) is 4.99. The summed E-state index contributed by atoms with van der Waals surface area (Å²) in [7, 11) is -3.80. The van der Waals surface area contributed by atoms with Gasteiger partial charge in [0.15, 0.2) is 11.5 Å². The first-order valence-corrected chi connectivity index (χ1v) is 9.59. The van der Waals surface area contributed by atoms with Crippen molar-refractivity contribution in [2.75, 3.05) is 13.1 Å². The lowest BCUT2D eigenvalue weighted by Crippen LogP contribution is -2.48. The monoisotopic (exact) mass is 365 g/mol. The lowest BCUT2D eigenvalue weighted by molar-refractivity contribution is -0.101. The summed E-state index contributed by atoms with van der Waals surface area (Å²) in [5.41, 5.74) is 0. The van der Waals surface area contributed by atoms with Gasteiger partial charge in [-0.05, 0) is 24.3 Å². The van der Waals surface area contributed by atoms with Gasteiger partial charge in [0.2, 0.25) is 9.84 Å². The van der Waals surface area contributed by atoms with E-state index in [-0.39, 0.29) is 20.6 Å². The van der Waals surface area contributed by atoms with Gasteiger partial charge in [0.05, 0.1) is 9.92 Å². The molecule has 5 nitrogen and oxygen atoms in total. The van der Waals surface area contributed by atoms with E-state index in [9.17, 15) is 8.42 Å². The van der Waals surface area contributed by atoms with Crippen molar-refractivity contribution in [3.63, 3.8) is 0 Å². The highest BCUT2D eigenvalue weighted by atomic mass is 35.5. The number of fused-ring (bicyclic) bond motifs is 1. The summed E-state index contributed by atoms with van der Waals surface area (Å²) in [6.07, 6.45) is 1.32. The summed E-state index contributed by atoms with van der Waals surface area (Å²) in [4.78, 5) is 0.151. The van der Waals surface area contributed by atoms with Gasteiger partial charge in [0, 0.05) is 25.9 Å². The van der Waals surface area contributed by atoms with Crippen LogP contribution in [-0.2, 0) is 9.84 Å². The number of nitrogens with one attached hydrogen (secondary N) is 1. The van der Waals surface area contributed by atoms with E-state index in [0.29, 0.717) is 18.6 Å². The summed E-state index contributed by atoms with van der Waals surface area (Å²) in [6, 6.07) is 11.3. The van der Waals surface area contributed by atoms with E-state index < -0.39 is 15.6 Å². The summed E-state index contributed by atoms with van der Waals surface area (Å²) < 4.78 is 38.1. The molecule has 0 unspecified atom stereocenters. The van der Waals surface area contributed by atoms with Crippen molar-refractivity contribution in [3.8, 4) is 11.5 Å². The van der Waals surface area contributed by atoms with E-state index in [0.717, 1.165) is 13.1 Å². The van der Waals surface area contributed by atoms with Crippen LogP contribution in [0.1, 0.15) is 12.8 Å². The van der Waals surface area contributed by atoms with E-state index in [1.165, 1.54) is 12.1 Å². The Hall–Kier alpha value is -1.76. The van der Waals surface area contributed by atoms with Crippen molar-refractivity contribution in [3.05, 3.63) is 47.5 Å². The zero-order valence-electron chi connectivity index (χ0n) is 12.8. The van der Waals surface area contributed by atoms with Crippen LogP contribution < -0.4 is 14.8 Å². The molecule has 4 rings (SSSR count). The lowest BCUT2D eigenvalue weighted by Gasteiger charge is -2.31. The van der Waals surface area contributed by atoms with Gasteiger partial charge in [-0.3, -0.25) is 0 Å². The maximum Gasteiger partial charge on any atom is 0.254 e. The van der Waals surface area contributed by atoms with Crippen molar-refractivity contribution in [2.24, 2.45) is 0 Å². The zero-order valence-corrected chi connectivity index (χ0v) is 14.4. The molecule has 7 heteroatoms. The van der Waals surface area contributed by atoms with Crippen molar-refractivity contribution in [1.82, 2.24) is 5.32 Å². The molecule has 0 saturated carbocycles. The second-order valence-corrected chi connectivity index (χ2v) is 8.18. The van der Waals surface area contributed by atoms with Crippen LogP contribution in [0.5, 0.6) is 11.5 Å². The zero-order chi connectivity index (χ0) is 16.8. The Labute approximate surface area is 145 Å². The maximum absolute atomic E-state index is 13.1. The minimum Gasteiger partial charge on any atom is -0.448 e. The number of piperidine rings is 1. The molecule has 1 fully saturated rings. The third-order valence-electron chi connectivity index (χ3n) is 4.31. The molecule has 2 aliphatic heterocycles. The van der Waals surface area contributed by atoms with E-state index in [2.05, 4.69) is 5.32 Å². The summed E-state index contributed by atoms with van der Waals surface area (Å²) in [5, 5.41) is 3.43. The molecule has 0 atom stereocenters. The molecule has 1 N–H and O–H groups in total. The molecule has 0 amide bonds. The van der Waals surface area contributed by atoms with Gasteiger partial charge in [0.25, 0.3) is 5.79 Å². The molecule has 1 saturated heterocycles. The van der Waals surface area contributed by atoms with Gasteiger partial charge < -0.3 is 14.8 Å². The molecule has 0 aliphatic carbocycles. The van der Waals surface area contributed by atoms with Crippen LogP contribution >= 0.6 is 11.6 Å². The first kappa shape index (κ1) is 15.7. The van der Waals surface area contributed by atoms with Crippen molar-refractivity contribution >= 4 is 21.4 Å². The second-order valence-electron chi connectivity index (χ2n) is 5.88. The molecule has 1 spiro atoms. The standard InChI is InChI=1S/C17H16ClNO4S/c18-12-4-1-2-6-14(12)24(20,21)15-7-3-5-13-16(15)23-17(22-13)8-10-19-11-9-17/h1-7,19H,8-11H2. The fraction of sp³-hybridized carbons (Fsp3) is 0.294. The average molecular weight is 366 g/mol. The predicted octanol–water partition coefficient (Wildman–Crippen LogP) is 3.02. The quantitative estimate of drug-likeness (QED) is 0.886. The van der Waals surface area contributed by atoms with Gasteiger partial charge in [-0.1, -0.05) is 29.8 Å². The molecule has 0 bridgehead atoms. The first-order valence-electron chi connectivity index (χ1n) is 7.73. The fourth-order valence-electron chi connectivity index (χ4n) is 3.09. The number of ether oxygens (including phenoxy) is 2. The first-order chi connectivity index (χ1) is 11.5. The Bertz CT molecular complexity index is 891. The number of sulfone groups is 1. The largest absolute Gasteiger partial charge is 0.448 e. The molecular weight excluding hydrogens is 350 g/mol. The molecule has 0 radical (unpaired) electrons. The molecule has 126 valence electrons. The summed E-state index contributed by atoms with van der Waals surface area (Å²) in [5.74, 6) is -0.0379. The average Bonchev–Trinajstić information content (AvgIpc) is 2.92. The molecule has 2 aliphatic rings. The van der Waals surface area contributed by atoms with Gasteiger partial charge in [0.1, 0.15) is 4.90 Å². The molecule has 2 aromatic carbocycles. The predicted molar refractivity (Wildman–Crippen MR) is 89.4 cm³/mol. The number of benzene rings is 2. The Morgan fingerprint density at radius 1 is 0.958 bits per heavy atom. The second kappa shape index (κ2) is 5.65. The molecule has 24 heavy (non-hydrogen) atoms. The molecular formula is C17H16ClNO4S. The molecule has 2 heterocycles. The number of rotatable bonds is 2. The summed E-state index contributed by atoms with van der Waals surface area (Å²) >= 11 is 6.09. The van der Waals surface area contributed by atoms with Crippen LogP contribution in [-0.4, -0.2) is 27.3 Å². The van der Waals surface area contributed by atoms with Crippen LogP contribution in [0.25, 0.3) is 0 Å². The summed E-state index contributed by atoms with van der Waals surface area (Å²) in [6.45, 7) is 1.53. The van der Waals surface area contributed by atoms with Crippen molar-refractivity contribution in [1.29, 1.82) is 0 Å². The number of hydrogen-bond acceptors (Lipinski definition) is 5.